The van der Waals surface area contributed by atoms with Crippen molar-refractivity contribution in [1.29, 1.82) is 0 Å². The topological polar surface area (TPSA) is 84.2 Å². The highest BCUT2D eigenvalue weighted by atomic mass is 16.2. The molecule has 5 heteroatoms. The molecule has 0 fully saturated rings. The van der Waals surface area contributed by atoms with E-state index in [-0.39, 0.29) is 23.7 Å². The van der Waals surface area contributed by atoms with E-state index in [1.807, 2.05) is 20.8 Å². The number of carbonyl (C=O) groups excluding carboxylic acids is 2. The highest BCUT2D eigenvalue weighted by Crippen LogP contribution is 2.15. The van der Waals surface area contributed by atoms with Gasteiger partial charge in [-0.05, 0) is 36.7 Å². The first kappa shape index (κ1) is 17.2. The first-order chi connectivity index (χ1) is 9.96. The van der Waals surface area contributed by atoms with Crippen LogP contribution in [0.25, 0.3) is 0 Å². The van der Waals surface area contributed by atoms with Gasteiger partial charge in [-0.1, -0.05) is 27.2 Å². The van der Waals surface area contributed by atoms with Gasteiger partial charge in [0.25, 0.3) is 0 Å². The minimum absolute atomic E-state index is 0.0273. The Morgan fingerprint density at radius 1 is 1.10 bits per heavy atom. The molecule has 0 saturated carbocycles. The molecule has 0 spiro atoms. The normalized spacial score (nSPS) is 12.0. The smallest absolute Gasteiger partial charge is 0.226 e. The molecule has 116 valence electrons. The predicted octanol–water partition coefficient (Wildman–Crippen LogP) is 2.59. The van der Waals surface area contributed by atoms with Crippen LogP contribution >= 0.6 is 0 Å². The number of hydrogen-bond acceptors (Lipinski definition) is 3. The Balaban J connectivity index is 2.54. The van der Waals surface area contributed by atoms with Crippen LogP contribution in [0.1, 0.15) is 33.6 Å². The molecule has 21 heavy (non-hydrogen) atoms. The maximum atomic E-state index is 11.9. The van der Waals surface area contributed by atoms with Crippen LogP contribution in [-0.4, -0.2) is 18.4 Å². The summed E-state index contributed by atoms with van der Waals surface area (Å²) >= 11 is 0. The van der Waals surface area contributed by atoms with E-state index in [0.29, 0.717) is 13.0 Å². The monoisotopic (exact) mass is 291 g/mol. The maximum absolute atomic E-state index is 11.9. The van der Waals surface area contributed by atoms with Crippen LogP contribution in [0.2, 0.25) is 0 Å². The van der Waals surface area contributed by atoms with Gasteiger partial charge in [0, 0.05) is 23.7 Å². The summed E-state index contributed by atoms with van der Waals surface area (Å²) in [5, 5.41) is 5.64. The summed E-state index contributed by atoms with van der Waals surface area (Å²) in [5.41, 5.74) is 7.03. The van der Waals surface area contributed by atoms with E-state index >= 15 is 0 Å². The lowest BCUT2D eigenvalue weighted by Gasteiger charge is -2.12. The molecule has 0 bridgehead atoms. The van der Waals surface area contributed by atoms with Crippen molar-refractivity contribution < 1.29 is 9.59 Å². The van der Waals surface area contributed by atoms with Crippen molar-refractivity contribution in [2.24, 2.45) is 17.6 Å². The third-order valence-corrected chi connectivity index (χ3v) is 3.35. The zero-order valence-electron chi connectivity index (χ0n) is 13.0. The van der Waals surface area contributed by atoms with Gasteiger partial charge in [0.05, 0.1) is 0 Å². The molecular weight excluding hydrogens is 266 g/mol. The van der Waals surface area contributed by atoms with E-state index in [0.717, 1.165) is 17.8 Å². The summed E-state index contributed by atoms with van der Waals surface area (Å²) in [6, 6.07) is 7.10. The summed E-state index contributed by atoms with van der Waals surface area (Å²) in [4.78, 5) is 23.4. The van der Waals surface area contributed by atoms with Crippen LogP contribution in [0.4, 0.5) is 11.4 Å². The number of rotatable bonds is 7. The quantitative estimate of drug-likeness (QED) is 0.722. The first-order valence-corrected chi connectivity index (χ1v) is 7.37. The summed E-state index contributed by atoms with van der Waals surface area (Å²) in [6.07, 6.45) is 1.32. The highest BCUT2D eigenvalue weighted by molar-refractivity contribution is 5.93. The zero-order chi connectivity index (χ0) is 15.8. The zero-order valence-corrected chi connectivity index (χ0v) is 13.0. The molecule has 1 rings (SSSR count). The minimum Gasteiger partial charge on any atom is -0.330 e. The van der Waals surface area contributed by atoms with Crippen LogP contribution in [0.5, 0.6) is 0 Å². The Bertz CT molecular complexity index is 465. The molecule has 0 aliphatic carbocycles. The number of anilines is 2. The Kier molecular flexibility index (Phi) is 6.88. The van der Waals surface area contributed by atoms with Gasteiger partial charge in [0.15, 0.2) is 0 Å². The second kappa shape index (κ2) is 8.42. The molecule has 0 radical (unpaired) electrons. The van der Waals surface area contributed by atoms with Crippen LogP contribution < -0.4 is 16.4 Å². The third kappa shape index (κ3) is 5.95. The predicted molar refractivity (Wildman–Crippen MR) is 86.0 cm³/mol. The number of amides is 2. The summed E-state index contributed by atoms with van der Waals surface area (Å²) in [6.45, 7) is 6.22. The van der Waals surface area contributed by atoms with Gasteiger partial charge in [0.1, 0.15) is 0 Å². The molecule has 2 amide bonds. The van der Waals surface area contributed by atoms with E-state index in [2.05, 4.69) is 10.6 Å². The Morgan fingerprint density at radius 2 is 1.62 bits per heavy atom. The van der Waals surface area contributed by atoms with Crippen LogP contribution in [-0.2, 0) is 9.59 Å². The molecule has 0 heterocycles. The van der Waals surface area contributed by atoms with Crippen LogP contribution in [0, 0.1) is 11.8 Å². The number of carbonyl (C=O) groups is 2. The molecule has 1 aromatic rings. The maximum Gasteiger partial charge on any atom is 0.226 e. The molecule has 1 unspecified atom stereocenters. The van der Waals surface area contributed by atoms with Gasteiger partial charge in [0.2, 0.25) is 11.8 Å². The first-order valence-electron chi connectivity index (χ1n) is 7.37. The highest BCUT2D eigenvalue weighted by Gasteiger charge is 2.11. The van der Waals surface area contributed by atoms with Crippen molar-refractivity contribution in [3.05, 3.63) is 24.3 Å². The summed E-state index contributed by atoms with van der Waals surface area (Å²) in [7, 11) is 0. The SMILES string of the molecule is CCC(CN)CC(=O)Nc1ccc(NC(=O)C(C)C)cc1. The van der Waals surface area contributed by atoms with Gasteiger partial charge in [-0.25, -0.2) is 0 Å². The van der Waals surface area contributed by atoms with Gasteiger partial charge >= 0.3 is 0 Å². The average molecular weight is 291 g/mol. The number of benzene rings is 1. The van der Waals surface area contributed by atoms with Gasteiger partial charge < -0.3 is 16.4 Å². The van der Waals surface area contributed by atoms with Gasteiger partial charge in [-0.15, -0.1) is 0 Å². The van der Waals surface area contributed by atoms with Crippen molar-refractivity contribution in [2.45, 2.75) is 33.6 Å². The lowest BCUT2D eigenvalue weighted by molar-refractivity contribution is -0.119. The lowest BCUT2D eigenvalue weighted by atomic mass is 10.0. The molecule has 1 aromatic carbocycles. The summed E-state index contributed by atoms with van der Waals surface area (Å²) < 4.78 is 0. The van der Waals surface area contributed by atoms with Crippen LogP contribution in [0.3, 0.4) is 0 Å². The standard InChI is InChI=1S/C16H25N3O2/c1-4-12(10-17)9-15(20)18-13-5-7-14(8-6-13)19-16(21)11(2)3/h5-8,11-12H,4,9-10,17H2,1-3H3,(H,18,20)(H,19,21). The minimum atomic E-state index is -0.0633. The van der Waals surface area contributed by atoms with E-state index in [1.165, 1.54) is 0 Å². The Hall–Kier alpha value is -1.88. The summed E-state index contributed by atoms with van der Waals surface area (Å²) in [5.74, 6) is 0.0907. The molecular formula is C16H25N3O2. The Morgan fingerprint density at radius 3 is 2.05 bits per heavy atom. The van der Waals surface area contributed by atoms with Crippen molar-refractivity contribution in [2.75, 3.05) is 17.2 Å². The number of nitrogens with one attached hydrogen (secondary N) is 2. The van der Waals surface area contributed by atoms with Gasteiger partial charge in [-0.2, -0.15) is 0 Å². The molecule has 1 atom stereocenters. The lowest BCUT2D eigenvalue weighted by Crippen LogP contribution is -2.21. The molecule has 5 nitrogen and oxygen atoms in total. The number of nitrogens with two attached hydrogens (primary N) is 1. The van der Waals surface area contributed by atoms with Gasteiger partial charge in [-0.3, -0.25) is 9.59 Å². The van der Waals surface area contributed by atoms with E-state index in [9.17, 15) is 9.59 Å². The molecule has 0 aliphatic rings. The van der Waals surface area contributed by atoms with E-state index in [4.69, 9.17) is 5.73 Å². The second-order valence-electron chi connectivity index (χ2n) is 5.48. The van der Waals surface area contributed by atoms with Crippen molar-refractivity contribution in [1.82, 2.24) is 0 Å². The molecule has 0 aromatic heterocycles. The van der Waals surface area contributed by atoms with E-state index < -0.39 is 0 Å². The van der Waals surface area contributed by atoms with Crippen molar-refractivity contribution >= 4 is 23.2 Å². The largest absolute Gasteiger partial charge is 0.330 e. The van der Waals surface area contributed by atoms with Crippen LogP contribution in [0.15, 0.2) is 24.3 Å². The van der Waals surface area contributed by atoms with E-state index in [1.54, 1.807) is 24.3 Å². The fourth-order valence-corrected chi connectivity index (χ4v) is 1.79. The third-order valence-electron chi connectivity index (χ3n) is 3.35. The average Bonchev–Trinajstić information content (AvgIpc) is 2.46. The molecule has 0 aliphatic heterocycles. The molecule has 4 N–H and O–H groups in total. The Labute approximate surface area is 126 Å². The molecule has 0 saturated heterocycles. The van der Waals surface area contributed by atoms with Crippen molar-refractivity contribution in [3.63, 3.8) is 0 Å². The number of hydrogen-bond donors (Lipinski definition) is 3. The fourth-order valence-electron chi connectivity index (χ4n) is 1.79. The fraction of sp³-hybridized carbons (Fsp3) is 0.500. The second-order valence-corrected chi connectivity index (χ2v) is 5.48. The van der Waals surface area contributed by atoms with Crippen molar-refractivity contribution in [3.8, 4) is 0 Å².